The van der Waals surface area contributed by atoms with Crippen LogP contribution in [-0.4, -0.2) is 36.3 Å². The molecule has 0 heterocycles. The molecule has 1 rings (SSSR count). The number of anilines is 2. The van der Waals surface area contributed by atoms with Crippen LogP contribution in [0.4, 0.5) is 11.4 Å². The Bertz CT molecular complexity index is 596. The summed E-state index contributed by atoms with van der Waals surface area (Å²) in [6.45, 7) is 13.1. The number of nitrogens with one attached hydrogen (secondary N) is 2. The molecule has 5 heteroatoms. The molecule has 0 bridgehead atoms. The highest BCUT2D eigenvalue weighted by Crippen LogP contribution is 2.23. The number of likely N-dealkylation sites (N-methyl/N-ethyl adjacent to an activating group) is 1. The Kier molecular flexibility index (Phi) is 8.02. The third-order valence-corrected chi connectivity index (χ3v) is 3.71. The van der Waals surface area contributed by atoms with Gasteiger partial charge in [-0.2, -0.15) is 0 Å². The monoisotopic (exact) mass is 331 g/mol. The topological polar surface area (TPSA) is 61.4 Å². The molecule has 0 aliphatic heterocycles. The van der Waals surface area contributed by atoms with Crippen LogP contribution in [-0.2, 0) is 9.59 Å². The molecule has 0 spiro atoms. The second-order valence-electron chi connectivity index (χ2n) is 5.99. The van der Waals surface area contributed by atoms with Gasteiger partial charge in [0, 0.05) is 30.9 Å². The molecule has 0 atom stereocenters. The summed E-state index contributed by atoms with van der Waals surface area (Å²) in [6, 6.07) is 5.65. The van der Waals surface area contributed by atoms with Crippen molar-refractivity contribution in [3.05, 3.63) is 35.9 Å². The number of carbonyl (C=O) groups excluding carboxylic acids is 2. The van der Waals surface area contributed by atoms with E-state index in [1.54, 1.807) is 4.90 Å². The lowest BCUT2D eigenvalue weighted by atomic mass is 10.1. The lowest BCUT2D eigenvalue weighted by Gasteiger charge is -2.22. The number of hydrogen-bond acceptors (Lipinski definition) is 3. The molecule has 1 aromatic rings. The average molecular weight is 331 g/mol. The first kappa shape index (κ1) is 19.7. The van der Waals surface area contributed by atoms with Crippen LogP contribution in [0.25, 0.3) is 0 Å². The van der Waals surface area contributed by atoms with Gasteiger partial charge in [-0.15, -0.1) is 0 Å². The Balaban J connectivity index is 2.73. The van der Waals surface area contributed by atoms with E-state index >= 15 is 0 Å². The summed E-state index contributed by atoms with van der Waals surface area (Å²) in [4.78, 5) is 25.8. The maximum absolute atomic E-state index is 12.3. The van der Waals surface area contributed by atoms with Gasteiger partial charge >= 0.3 is 0 Å². The molecule has 5 nitrogen and oxygen atoms in total. The minimum atomic E-state index is 0.00689. The highest BCUT2D eigenvalue weighted by Gasteiger charge is 2.13. The van der Waals surface area contributed by atoms with Gasteiger partial charge in [0.15, 0.2) is 0 Å². The largest absolute Gasteiger partial charge is 0.376 e. The van der Waals surface area contributed by atoms with Crippen LogP contribution in [0, 0.1) is 6.92 Å². The Labute approximate surface area is 145 Å². The van der Waals surface area contributed by atoms with Crippen molar-refractivity contribution in [3.63, 3.8) is 0 Å². The molecule has 0 radical (unpaired) electrons. The lowest BCUT2D eigenvalue weighted by Crippen LogP contribution is -2.36. The first-order valence-corrected chi connectivity index (χ1v) is 8.44. The third-order valence-electron chi connectivity index (χ3n) is 3.71. The Morgan fingerprint density at radius 2 is 1.88 bits per heavy atom. The average Bonchev–Trinajstić information content (AvgIpc) is 2.53. The van der Waals surface area contributed by atoms with E-state index in [1.165, 1.54) is 0 Å². The molecule has 0 fully saturated rings. The van der Waals surface area contributed by atoms with Crippen LogP contribution in [0.1, 0.15) is 39.2 Å². The first-order valence-electron chi connectivity index (χ1n) is 8.44. The molecule has 0 saturated heterocycles. The number of rotatable bonds is 9. The van der Waals surface area contributed by atoms with Crippen molar-refractivity contribution >= 4 is 23.2 Å². The molecular formula is C19H29N3O2. The molecule has 0 saturated carbocycles. The summed E-state index contributed by atoms with van der Waals surface area (Å²) in [5, 5.41) is 6.09. The summed E-state index contributed by atoms with van der Waals surface area (Å²) >= 11 is 0. The highest BCUT2D eigenvalue weighted by molar-refractivity contribution is 5.92. The third kappa shape index (κ3) is 6.07. The van der Waals surface area contributed by atoms with Gasteiger partial charge in [0.25, 0.3) is 0 Å². The second-order valence-corrected chi connectivity index (χ2v) is 5.99. The standard InChI is InChI=1S/C19H29N3O2/c1-6-9-18(23)21-17-11-8-10-16(15(17)5)20-12-19(24)22(7-2)13-14(3)4/h8,10-11,20H,3,6-7,9,12-13H2,1-2,4-5H3,(H,21,23). The maximum atomic E-state index is 12.3. The van der Waals surface area contributed by atoms with Gasteiger partial charge in [-0.1, -0.05) is 25.1 Å². The van der Waals surface area contributed by atoms with Crippen LogP contribution in [0.2, 0.25) is 0 Å². The number of amides is 2. The van der Waals surface area contributed by atoms with Gasteiger partial charge < -0.3 is 15.5 Å². The van der Waals surface area contributed by atoms with Crippen molar-refractivity contribution < 1.29 is 9.59 Å². The van der Waals surface area contributed by atoms with Crippen molar-refractivity contribution in [2.75, 3.05) is 30.3 Å². The molecule has 132 valence electrons. The molecular weight excluding hydrogens is 302 g/mol. The van der Waals surface area contributed by atoms with Crippen LogP contribution >= 0.6 is 0 Å². The number of carbonyl (C=O) groups is 2. The summed E-state index contributed by atoms with van der Waals surface area (Å²) in [7, 11) is 0. The van der Waals surface area contributed by atoms with Gasteiger partial charge in [-0.3, -0.25) is 9.59 Å². The predicted molar refractivity (Wildman–Crippen MR) is 100 cm³/mol. The van der Waals surface area contributed by atoms with E-state index in [1.807, 2.05) is 45.9 Å². The van der Waals surface area contributed by atoms with Gasteiger partial charge in [0.05, 0.1) is 6.54 Å². The van der Waals surface area contributed by atoms with E-state index in [0.717, 1.165) is 28.9 Å². The van der Waals surface area contributed by atoms with E-state index in [2.05, 4.69) is 17.2 Å². The molecule has 0 unspecified atom stereocenters. The predicted octanol–water partition coefficient (Wildman–Crippen LogP) is 3.57. The fraction of sp³-hybridized carbons (Fsp3) is 0.474. The molecule has 24 heavy (non-hydrogen) atoms. The zero-order valence-corrected chi connectivity index (χ0v) is 15.2. The minimum Gasteiger partial charge on any atom is -0.376 e. The lowest BCUT2D eigenvalue weighted by molar-refractivity contribution is -0.128. The van der Waals surface area contributed by atoms with Crippen molar-refractivity contribution in [1.82, 2.24) is 4.90 Å². The smallest absolute Gasteiger partial charge is 0.242 e. The summed E-state index contributed by atoms with van der Waals surface area (Å²) in [5.74, 6) is 0.0350. The SMILES string of the molecule is C=C(C)CN(CC)C(=O)CNc1cccc(NC(=O)CCC)c1C. The molecule has 0 aromatic heterocycles. The maximum Gasteiger partial charge on any atom is 0.242 e. The van der Waals surface area contributed by atoms with Gasteiger partial charge in [0.1, 0.15) is 0 Å². The van der Waals surface area contributed by atoms with Crippen molar-refractivity contribution in [2.45, 2.75) is 40.5 Å². The number of benzene rings is 1. The van der Waals surface area contributed by atoms with E-state index in [0.29, 0.717) is 19.5 Å². The van der Waals surface area contributed by atoms with Crippen LogP contribution in [0.3, 0.4) is 0 Å². The first-order chi connectivity index (χ1) is 11.4. The van der Waals surface area contributed by atoms with Gasteiger partial charge in [-0.25, -0.2) is 0 Å². The van der Waals surface area contributed by atoms with Gasteiger partial charge in [-0.05, 0) is 44.9 Å². The van der Waals surface area contributed by atoms with E-state index in [9.17, 15) is 9.59 Å². The van der Waals surface area contributed by atoms with Gasteiger partial charge in [0.2, 0.25) is 11.8 Å². The second kappa shape index (κ2) is 9.75. The summed E-state index contributed by atoms with van der Waals surface area (Å²) in [5.41, 5.74) is 3.52. The van der Waals surface area contributed by atoms with Crippen LogP contribution < -0.4 is 10.6 Å². The zero-order valence-electron chi connectivity index (χ0n) is 15.2. The van der Waals surface area contributed by atoms with E-state index < -0.39 is 0 Å². The Morgan fingerprint density at radius 1 is 1.21 bits per heavy atom. The molecule has 2 amide bonds. The van der Waals surface area contributed by atoms with E-state index in [4.69, 9.17) is 0 Å². The number of nitrogens with zero attached hydrogens (tertiary/aromatic N) is 1. The Morgan fingerprint density at radius 3 is 2.46 bits per heavy atom. The number of hydrogen-bond donors (Lipinski definition) is 2. The highest BCUT2D eigenvalue weighted by atomic mass is 16.2. The normalized spacial score (nSPS) is 10.2. The minimum absolute atomic E-state index is 0.00689. The van der Waals surface area contributed by atoms with Crippen molar-refractivity contribution in [3.8, 4) is 0 Å². The van der Waals surface area contributed by atoms with E-state index in [-0.39, 0.29) is 18.4 Å². The zero-order chi connectivity index (χ0) is 18.1. The van der Waals surface area contributed by atoms with Crippen LogP contribution in [0.15, 0.2) is 30.4 Å². The molecule has 1 aromatic carbocycles. The quantitative estimate of drug-likeness (QED) is 0.680. The summed E-state index contributed by atoms with van der Waals surface area (Å²) < 4.78 is 0. The fourth-order valence-corrected chi connectivity index (χ4v) is 2.39. The van der Waals surface area contributed by atoms with Crippen molar-refractivity contribution in [2.24, 2.45) is 0 Å². The summed E-state index contributed by atoms with van der Waals surface area (Å²) in [6.07, 6.45) is 1.31. The molecule has 2 N–H and O–H groups in total. The van der Waals surface area contributed by atoms with Crippen LogP contribution in [0.5, 0.6) is 0 Å². The molecule has 0 aliphatic carbocycles. The van der Waals surface area contributed by atoms with Crippen molar-refractivity contribution in [1.29, 1.82) is 0 Å². The molecule has 0 aliphatic rings. The fourth-order valence-electron chi connectivity index (χ4n) is 2.39. The Hall–Kier alpha value is -2.30.